The summed E-state index contributed by atoms with van der Waals surface area (Å²) >= 11 is 0. The van der Waals surface area contributed by atoms with E-state index in [2.05, 4.69) is 38.6 Å². The smallest absolute Gasteiger partial charge is 0.273 e. The third-order valence-corrected chi connectivity index (χ3v) is 4.93. The highest BCUT2D eigenvalue weighted by atomic mass is 16.1. The number of piperidine rings is 1. The van der Waals surface area contributed by atoms with Gasteiger partial charge in [0.05, 0.1) is 16.9 Å². The van der Waals surface area contributed by atoms with Crippen molar-refractivity contribution in [2.75, 3.05) is 34.2 Å². The van der Waals surface area contributed by atoms with Gasteiger partial charge in [0.2, 0.25) is 6.41 Å². The summed E-state index contributed by atoms with van der Waals surface area (Å²) in [7, 11) is 5.51. The molecule has 0 aliphatic carbocycles. The Hall–Kier alpha value is -2.61. The van der Waals surface area contributed by atoms with Gasteiger partial charge in [0, 0.05) is 38.4 Å². The first-order valence-electron chi connectivity index (χ1n) is 8.79. The number of aromatic amines is 2. The Kier molecular flexibility index (Phi) is 5.13. The standard InChI is InChI=1S/C15H19N5O.C3H7NO/c1-9-4-6-19(2)8-12(9)20-13-10-3-5-16-14(10)17-7-11(13)15(21)18-20;1-4(2)3-5/h3,5,7,9,12H,4,6,8H2,1-2H3,(H,16,17)(H,18,21);3H,1-2H3. The van der Waals surface area contributed by atoms with Gasteiger partial charge in [0.15, 0.2) is 0 Å². The number of fused-ring (bicyclic) bond motifs is 3. The molecular weight excluding hydrogens is 332 g/mol. The minimum atomic E-state index is -0.0546. The molecule has 4 rings (SSSR count). The summed E-state index contributed by atoms with van der Waals surface area (Å²) in [5.74, 6) is 0.537. The zero-order valence-corrected chi connectivity index (χ0v) is 15.7. The van der Waals surface area contributed by atoms with Crippen LogP contribution in [-0.4, -0.2) is 70.2 Å². The number of nitrogens with zero attached hydrogens (tertiary/aromatic N) is 4. The molecule has 1 fully saturated rings. The quantitative estimate of drug-likeness (QED) is 0.678. The van der Waals surface area contributed by atoms with Crippen molar-refractivity contribution in [1.29, 1.82) is 0 Å². The third kappa shape index (κ3) is 3.37. The van der Waals surface area contributed by atoms with E-state index in [0.717, 1.165) is 42.5 Å². The highest BCUT2D eigenvalue weighted by Gasteiger charge is 2.28. The van der Waals surface area contributed by atoms with Crippen molar-refractivity contribution in [3.8, 4) is 0 Å². The predicted molar refractivity (Wildman–Crippen MR) is 102 cm³/mol. The zero-order chi connectivity index (χ0) is 18.8. The van der Waals surface area contributed by atoms with Gasteiger partial charge in [0.25, 0.3) is 5.56 Å². The molecule has 1 aliphatic heterocycles. The van der Waals surface area contributed by atoms with Crippen molar-refractivity contribution in [3.05, 3.63) is 28.8 Å². The molecule has 0 saturated carbocycles. The molecule has 0 aromatic carbocycles. The molecule has 1 aliphatic rings. The lowest BCUT2D eigenvalue weighted by molar-refractivity contribution is -0.115. The summed E-state index contributed by atoms with van der Waals surface area (Å²) in [4.78, 5) is 32.9. The van der Waals surface area contributed by atoms with Gasteiger partial charge < -0.3 is 14.8 Å². The lowest BCUT2D eigenvalue weighted by atomic mass is 9.94. The fraction of sp³-hybridized carbons (Fsp3) is 0.500. The molecule has 1 amide bonds. The second-order valence-corrected chi connectivity index (χ2v) is 7.24. The summed E-state index contributed by atoms with van der Waals surface area (Å²) in [5, 5.41) is 4.71. The van der Waals surface area contributed by atoms with Crippen molar-refractivity contribution >= 4 is 28.3 Å². The highest BCUT2D eigenvalue weighted by Crippen LogP contribution is 2.30. The highest BCUT2D eigenvalue weighted by molar-refractivity contribution is 6.02. The van der Waals surface area contributed by atoms with Crippen molar-refractivity contribution in [2.24, 2.45) is 5.92 Å². The molecule has 140 valence electrons. The Bertz CT molecular complexity index is 954. The average molecular weight is 358 g/mol. The second kappa shape index (κ2) is 7.33. The number of carbonyl (C=O) groups excluding carboxylic acids is 1. The van der Waals surface area contributed by atoms with Gasteiger partial charge in [-0.25, -0.2) is 4.98 Å². The molecule has 2 atom stereocenters. The lowest BCUT2D eigenvalue weighted by Crippen LogP contribution is -2.39. The number of carbonyl (C=O) groups is 1. The van der Waals surface area contributed by atoms with Crippen molar-refractivity contribution in [3.63, 3.8) is 0 Å². The Balaban J connectivity index is 0.000000349. The van der Waals surface area contributed by atoms with Crippen LogP contribution in [0.2, 0.25) is 0 Å². The summed E-state index contributed by atoms with van der Waals surface area (Å²) in [6.45, 7) is 4.33. The first-order chi connectivity index (χ1) is 12.4. The van der Waals surface area contributed by atoms with Crippen LogP contribution < -0.4 is 5.56 Å². The number of likely N-dealkylation sites (tertiary alicyclic amines) is 1. The van der Waals surface area contributed by atoms with Crippen molar-refractivity contribution < 1.29 is 4.79 Å². The number of hydrogen-bond donors (Lipinski definition) is 2. The van der Waals surface area contributed by atoms with Crippen LogP contribution in [0.1, 0.15) is 19.4 Å². The van der Waals surface area contributed by atoms with Crippen LogP contribution in [-0.2, 0) is 4.79 Å². The van der Waals surface area contributed by atoms with Gasteiger partial charge in [-0.15, -0.1) is 0 Å². The van der Waals surface area contributed by atoms with E-state index in [0.29, 0.717) is 11.3 Å². The molecule has 0 bridgehead atoms. The molecule has 26 heavy (non-hydrogen) atoms. The molecule has 0 radical (unpaired) electrons. The number of nitrogens with one attached hydrogen (secondary N) is 2. The number of rotatable bonds is 2. The van der Waals surface area contributed by atoms with Crippen LogP contribution >= 0.6 is 0 Å². The maximum absolute atomic E-state index is 12.3. The lowest BCUT2D eigenvalue weighted by Gasteiger charge is -2.35. The Morgan fingerprint density at radius 1 is 1.35 bits per heavy atom. The van der Waals surface area contributed by atoms with Gasteiger partial charge in [-0.2, -0.15) is 0 Å². The molecule has 8 nitrogen and oxygen atoms in total. The summed E-state index contributed by atoms with van der Waals surface area (Å²) in [5.41, 5.74) is 1.74. The monoisotopic (exact) mass is 358 g/mol. The molecular formula is C18H26N6O2. The van der Waals surface area contributed by atoms with E-state index in [1.807, 2.05) is 12.3 Å². The van der Waals surface area contributed by atoms with Gasteiger partial charge in [-0.3, -0.25) is 19.4 Å². The Labute approximate surface area is 151 Å². The van der Waals surface area contributed by atoms with Crippen LogP contribution in [0, 0.1) is 5.92 Å². The number of H-pyrrole nitrogens is 2. The SMILES string of the molecule is CC1CCN(C)CC1n1[nH]c(=O)c2cnc3[nH]ccc3c21.CN(C)C=O. The minimum Gasteiger partial charge on any atom is -0.351 e. The number of likely N-dealkylation sites (N-methyl/N-ethyl adjacent to an activating group) is 1. The molecule has 2 N–H and O–H groups in total. The van der Waals surface area contributed by atoms with Crippen LogP contribution in [0.3, 0.4) is 0 Å². The van der Waals surface area contributed by atoms with Crippen molar-refractivity contribution in [2.45, 2.75) is 19.4 Å². The zero-order valence-electron chi connectivity index (χ0n) is 15.7. The molecule has 4 heterocycles. The summed E-state index contributed by atoms with van der Waals surface area (Å²) < 4.78 is 2.07. The van der Waals surface area contributed by atoms with Crippen LogP contribution in [0.5, 0.6) is 0 Å². The molecule has 8 heteroatoms. The van der Waals surface area contributed by atoms with E-state index < -0.39 is 0 Å². The normalized spacial score (nSPS) is 20.8. The molecule has 3 aromatic rings. The molecule has 1 saturated heterocycles. The molecule has 2 unspecified atom stereocenters. The van der Waals surface area contributed by atoms with Gasteiger partial charge in [0.1, 0.15) is 5.65 Å². The summed E-state index contributed by atoms with van der Waals surface area (Å²) in [6.07, 6.45) is 5.43. The number of hydrogen-bond acceptors (Lipinski definition) is 4. The number of amides is 1. The van der Waals surface area contributed by atoms with Gasteiger partial charge in [-0.1, -0.05) is 6.92 Å². The van der Waals surface area contributed by atoms with E-state index in [9.17, 15) is 9.59 Å². The Morgan fingerprint density at radius 2 is 2.08 bits per heavy atom. The predicted octanol–water partition coefficient (Wildman–Crippen LogP) is 1.42. The summed E-state index contributed by atoms with van der Waals surface area (Å²) in [6, 6.07) is 2.28. The van der Waals surface area contributed by atoms with Gasteiger partial charge in [-0.05, 0) is 32.0 Å². The van der Waals surface area contributed by atoms with Crippen LogP contribution in [0.25, 0.3) is 21.9 Å². The third-order valence-electron chi connectivity index (χ3n) is 4.93. The van der Waals surface area contributed by atoms with Gasteiger partial charge >= 0.3 is 0 Å². The average Bonchev–Trinajstić information content (AvgIpc) is 3.22. The van der Waals surface area contributed by atoms with Crippen LogP contribution in [0.4, 0.5) is 0 Å². The first kappa shape index (κ1) is 18.2. The maximum Gasteiger partial charge on any atom is 0.273 e. The largest absolute Gasteiger partial charge is 0.351 e. The van der Waals surface area contributed by atoms with E-state index in [1.165, 1.54) is 4.90 Å². The van der Waals surface area contributed by atoms with Crippen LogP contribution in [0.15, 0.2) is 23.3 Å². The first-order valence-corrected chi connectivity index (χ1v) is 8.79. The van der Waals surface area contributed by atoms with E-state index in [-0.39, 0.29) is 11.6 Å². The van der Waals surface area contributed by atoms with E-state index >= 15 is 0 Å². The Morgan fingerprint density at radius 3 is 2.77 bits per heavy atom. The fourth-order valence-corrected chi connectivity index (χ4v) is 3.44. The molecule has 0 spiro atoms. The fourth-order valence-electron chi connectivity index (χ4n) is 3.44. The topological polar surface area (TPSA) is 90.0 Å². The number of aromatic nitrogens is 4. The molecule has 3 aromatic heterocycles. The number of pyridine rings is 1. The van der Waals surface area contributed by atoms with E-state index in [4.69, 9.17) is 0 Å². The maximum atomic E-state index is 12.3. The van der Waals surface area contributed by atoms with E-state index in [1.54, 1.807) is 20.3 Å². The second-order valence-electron chi connectivity index (χ2n) is 7.24. The minimum absolute atomic E-state index is 0.0546. The van der Waals surface area contributed by atoms with Crippen molar-refractivity contribution in [1.82, 2.24) is 29.5 Å².